The summed E-state index contributed by atoms with van der Waals surface area (Å²) in [7, 11) is 0. The van der Waals surface area contributed by atoms with E-state index in [-0.39, 0.29) is 18.3 Å². The predicted molar refractivity (Wildman–Crippen MR) is 117 cm³/mol. The maximum absolute atomic E-state index is 12.9. The number of amides is 1. The van der Waals surface area contributed by atoms with Gasteiger partial charge in [0.15, 0.2) is 0 Å². The Kier molecular flexibility index (Phi) is 5.84. The Bertz CT molecular complexity index is 1070. The van der Waals surface area contributed by atoms with Crippen LogP contribution in [-0.4, -0.2) is 45.2 Å². The van der Waals surface area contributed by atoms with E-state index in [1.807, 2.05) is 4.90 Å². The molecular formula is C22H28ClN5O2. The Hall–Kier alpha value is -2.38. The van der Waals surface area contributed by atoms with Crippen molar-refractivity contribution in [2.75, 3.05) is 19.6 Å². The van der Waals surface area contributed by atoms with Gasteiger partial charge in [-0.2, -0.15) is 0 Å². The molecule has 5 rings (SSSR count). The average Bonchev–Trinajstić information content (AvgIpc) is 3.35. The molecule has 0 spiro atoms. The second-order valence-corrected chi connectivity index (χ2v) is 8.28. The number of nitrogens with zero attached hydrogens (tertiary/aromatic N) is 4. The van der Waals surface area contributed by atoms with Crippen molar-refractivity contribution < 1.29 is 9.21 Å². The average molecular weight is 430 g/mol. The summed E-state index contributed by atoms with van der Waals surface area (Å²) in [5.74, 6) is 2.69. The summed E-state index contributed by atoms with van der Waals surface area (Å²) in [4.78, 5) is 14.9. The molecule has 1 N–H and O–H groups in total. The second kappa shape index (κ2) is 8.40. The maximum Gasteiger partial charge on any atom is 0.227 e. The molecule has 2 aliphatic heterocycles. The van der Waals surface area contributed by atoms with Crippen LogP contribution in [0.2, 0.25) is 0 Å². The first-order valence-corrected chi connectivity index (χ1v) is 10.5. The van der Waals surface area contributed by atoms with Crippen LogP contribution >= 0.6 is 12.4 Å². The first kappa shape index (κ1) is 20.9. The summed E-state index contributed by atoms with van der Waals surface area (Å²) < 4.78 is 8.04. The van der Waals surface area contributed by atoms with Gasteiger partial charge in [-0.05, 0) is 37.8 Å². The number of furan rings is 1. The van der Waals surface area contributed by atoms with Gasteiger partial charge in [-0.1, -0.05) is 12.1 Å². The standard InChI is InChI=1S/C22H27N5O2.ClH/c1-14-3-4-18-17(13-29-21(18)15(14)2)11-20(28)26-8-5-16(6-9-26)22-25-24-19-12-23-7-10-27(19)22;/h3-4,13,16,23H,5-12H2,1-2H3;1H. The molecule has 0 bridgehead atoms. The van der Waals surface area contributed by atoms with Crippen LogP contribution in [0.1, 0.15) is 47.1 Å². The lowest BCUT2D eigenvalue weighted by Gasteiger charge is -2.32. The number of benzene rings is 1. The number of hydrogen-bond donors (Lipinski definition) is 1. The fraction of sp³-hybridized carbons (Fsp3) is 0.500. The quantitative estimate of drug-likeness (QED) is 0.692. The molecule has 0 aliphatic carbocycles. The van der Waals surface area contributed by atoms with Crippen molar-refractivity contribution in [3.05, 3.63) is 46.7 Å². The minimum absolute atomic E-state index is 0. The molecule has 1 aromatic carbocycles. The molecule has 2 aliphatic rings. The summed E-state index contributed by atoms with van der Waals surface area (Å²) >= 11 is 0. The van der Waals surface area contributed by atoms with E-state index in [0.717, 1.165) is 79.3 Å². The molecule has 0 atom stereocenters. The number of halogens is 1. The molecule has 2 aromatic heterocycles. The number of likely N-dealkylation sites (tertiary alicyclic amines) is 1. The van der Waals surface area contributed by atoms with Crippen molar-refractivity contribution in [2.45, 2.75) is 52.1 Å². The van der Waals surface area contributed by atoms with Crippen LogP contribution in [0.25, 0.3) is 11.0 Å². The molecule has 30 heavy (non-hydrogen) atoms. The molecule has 8 heteroatoms. The number of fused-ring (bicyclic) bond motifs is 2. The van der Waals surface area contributed by atoms with E-state index < -0.39 is 0 Å². The number of rotatable bonds is 3. The number of carbonyl (C=O) groups is 1. The summed E-state index contributed by atoms with van der Waals surface area (Å²) in [6, 6.07) is 4.17. The van der Waals surface area contributed by atoms with Gasteiger partial charge < -0.3 is 19.2 Å². The monoisotopic (exact) mass is 429 g/mol. The third-order valence-electron chi connectivity index (χ3n) is 6.55. The number of aryl methyl sites for hydroxylation is 2. The van der Waals surface area contributed by atoms with Crippen molar-refractivity contribution >= 4 is 29.3 Å². The number of hydrogen-bond acceptors (Lipinski definition) is 5. The molecule has 1 fully saturated rings. The Morgan fingerprint density at radius 2 is 2.00 bits per heavy atom. The lowest BCUT2D eigenvalue weighted by molar-refractivity contribution is -0.131. The minimum atomic E-state index is 0. The Balaban J connectivity index is 0.00000218. The highest BCUT2D eigenvalue weighted by Gasteiger charge is 2.29. The van der Waals surface area contributed by atoms with Crippen LogP contribution in [0.15, 0.2) is 22.8 Å². The predicted octanol–water partition coefficient (Wildman–Crippen LogP) is 3.11. The number of aromatic nitrogens is 3. The normalized spacial score (nSPS) is 17.1. The van der Waals surface area contributed by atoms with Gasteiger partial charge in [0.25, 0.3) is 0 Å². The van der Waals surface area contributed by atoms with Gasteiger partial charge >= 0.3 is 0 Å². The zero-order valence-electron chi connectivity index (χ0n) is 17.5. The van der Waals surface area contributed by atoms with E-state index in [0.29, 0.717) is 12.3 Å². The van der Waals surface area contributed by atoms with E-state index in [1.54, 1.807) is 6.26 Å². The highest BCUT2D eigenvalue weighted by molar-refractivity contribution is 5.89. The minimum Gasteiger partial charge on any atom is -0.464 e. The van der Waals surface area contributed by atoms with Gasteiger partial charge in [0.2, 0.25) is 5.91 Å². The highest BCUT2D eigenvalue weighted by atomic mass is 35.5. The third kappa shape index (κ3) is 3.61. The lowest BCUT2D eigenvalue weighted by Crippen LogP contribution is -2.39. The van der Waals surface area contributed by atoms with Gasteiger partial charge in [-0.25, -0.2) is 0 Å². The van der Waals surface area contributed by atoms with Crippen LogP contribution in [-0.2, 0) is 24.3 Å². The summed E-state index contributed by atoms with van der Waals surface area (Å²) in [6.45, 7) is 8.39. The van der Waals surface area contributed by atoms with Gasteiger partial charge in [-0.3, -0.25) is 4.79 Å². The van der Waals surface area contributed by atoms with Crippen LogP contribution in [0.5, 0.6) is 0 Å². The number of piperidine rings is 1. The molecule has 1 amide bonds. The molecule has 160 valence electrons. The van der Waals surface area contributed by atoms with E-state index in [4.69, 9.17) is 4.42 Å². The van der Waals surface area contributed by atoms with Crippen LogP contribution < -0.4 is 5.32 Å². The van der Waals surface area contributed by atoms with Crippen molar-refractivity contribution in [2.24, 2.45) is 0 Å². The van der Waals surface area contributed by atoms with Crippen molar-refractivity contribution in [1.29, 1.82) is 0 Å². The first-order valence-electron chi connectivity index (χ1n) is 10.5. The Morgan fingerprint density at radius 3 is 2.80 bits per heavy atom. The van der Waals surface area contributed by atoms with E-state index in [2.05, 4.69) is 46.1 Å². The van der Waals surface area contributed by atoms with Gasteiger partial charge in [0.1, 0.15) is 17.2 Å². The van der Waals surface area contributed by atoms with E-state index in [1.165, 1.54) is 5.56 Å². The Labute approximate surface area is 182 Å². The molecule has 3 aromatic rings. The molecule has 4 heterocycles. The third-order valence-corrected chi connectivity index (χ3v) is 6.55. The van der Waals surface area contributed by atoms with Crippen molar-refractivity contribution in [3.8, 4) is 0 Å². The maximum atomic E-state index is 12.9. The summed E-state index contributed by atoms with van der Waals surface area (Å²) in [6.07, 6.45) is 4.04. The van der Waals surface area contributed by atoms with Gasteiger partial charge in [0, 0.05) is 43.0 Å². The fourth-order valence-corrected chi connectivity index (χ4v) is 4.60. The largest absolute Gasteiger partial charge is 0.464 e. The smallest absolute Gasteiger partial charge is 0.227 e. The van der Waals surface area contributed by atoms with Crippen LogP contribution in [0, 0.1) is 13.8 Å². The molecule has 0 unspecified atom stereocenters. The fourth-order valence-electron chi connectivity index (χ4n) is 4.60. The van der Waals surface area contributed by atoms with Gasteiger partial charge in [-0.15, -0.1) is 22.6 Å². The van der Waals surface area contributed by atoms with E-state index >= 15 is 0 Å². The molecule has 0 saturated carbocycles. The highest BCUT2D eigenvalue weighted by Crippen LogP contribution is 2.30. The zero-order valence-corrected chi connectivity index (χ0v) is 18.3. The molecule has 7 nitrogen and oxygen atoms in total. The Morgan fingerprint density at radius 1 is 1.20 bits per heavy atom. The van der Waals surface area contributed by atoms with Crippen molar-refractivity contribution in [3.63, 3.8) is 0 Å². The molecule has 0 radical (unpaired) electrons. The number of nitrogens with one attached hydrogen (secondary N) is 1. The molecular weight excluding hydrogens is 402 g/mol. The van der Waals surface area contributed by atoms with Gasteiger partial charge in [0.05, 0.1) is 19.2 Å². The van der Waals surface area contributed by atoms with Crippen molar-refractivity contribution in [1.82, 2.24) is 25.0 Å². The summed E-state index contributed by atoms with van der Waals surface area (Å²) in [5, 5.41) is 13.2. The zero-order chi connectivity index (χ0) is 20.0. The van der Waals surface area contributed by atoms with Crippen LogP contribution in [0.4, 0.5) is 0 Å². The second-order valence-electron chi connectivity index (χ2n) is 8.28. The molecule has 1 saturated heterocycles. The number of carbonyl (C=O) groups excluding carboxylic acids is 1. The lowest BCUT2D eigenvalue weighted by atomic mass is 9.95. The summed E-state index contributed by atoms with van der Waals surface area (Å²) in [5.41, 5.74) is 4.24. The van der Waals surface area contributed by atoms with Crippen LogP contribution in [0.3, 0.4) is 0 Å². The topological polar surface area (TPSA) is 76.2 Å². The SMILES string of the molecule is Cc1ccc2c(CC(=O)N3CCC(c4nnc5n4CCNC5)CC3)coc2c1C.Cl. The first-order chi connectivity index (χ1) is 14.1. The van der Waals surface area contributed by atoms with E-state index in [9.17, 15) is 4.79 Å².